The smallest absolute Gasteiger partial charge is 0.224 e. The zero-order valence-corrected chi connectivity index (χ0v) is 15.7. The Hall–Kier alpha value is -2.52. The predicted molar refractivity (Wildman–Crippen MR) is 107 cm³/mol. The molecule has 0 saturated carbocycles. The van der Waals surface area contributed by atoms with Gasteiger partial charge in [-0.15, -0.1) is 0 Å². The number of hydrogen-bond acceptors (Lipinski definition) is 2. The molecular weight excluding hydrogens is 346 g/mol. The van der Waals surface area contributed by atoms with Crippen LogP contribution in [0, 0.1) is 0 Å². The third kappa shape index (κ3) is 4.55. The lowest BCUT2D eigenvalue weighted by Crippen LogP contribution is -2.13. The van der Waals surface area contributed by atoms with E-state index in [4.69, 9.17) is 16.0 Å². The minimum atomic E-state index is -0.0150. The summed E-state index contributed by atoms with van der Waals surface area (Å²) in [4.78, 5) is 12.3. The van der Waals surface area contributed by atoms with Gasteiger partial charge in [-0.3, -0.25) is 4.79 Å². The Morgan fingerprint density at radius 1 is 1.08 bits per heavy atom. The first-order chi connectivity index (χ1) is 12.5. The second kappa shape index (κ2) is 8.24. The van der Waals surface area contributed by atoms with E-state index in [0.717, 1.165) is 28.3 Å². The van der Waals surface area contributed by atoms with Crippen LogP contribution in [-0.2, 0) is 11.2 Å². The van der Waals surface area contributed by atoms with Gasteiger partial charge in [0.25, 0.3) is 0 Å². The van der Waals surface area contributed by atoms with E-state index in [-0.39, 0.29) is 5.91 Å². The van der Waals surface area contributed by atoms with E-state index >= 15 is 0 Å². The lowest BCUT2D eigenvalue weighted by Gasteiger charge is -2.13. The van der Waals surface area contributed by atoms with Crippen molar-refractivity contribution in [1.82, 2.24) is 0 Å². The lowest BCUT2D eigenvalue weighted by atomic mass is 10.0. The predicted octanol–water partition coefficient (Wildman–Crippen LogP) is 6.29. The topological polar surface area (TPSA) is 42.2 Å². The van der Waals surface area contributed by atoms with Gasteiger partial charge in [0.2, 0.25) is 5.91 Å². The molecule has 0 saturated heterocycles. The molecule has 134 valence electrons. The van der Waals surface area contributed by atoms with Crippen molar-refractivity contribution in [2.45, 2.75) is 32.6 Å². The van der Waals surface area contributed by atoms with Crippen LogP contribution < -0.4 is 5.32 Å². The van der Waals surface area contributed by atoms with E-state index in [1.165, 1.54) is 0 Å². The van der Waals surface area contributed by atoms with Crippen molar-refractivity contribution in [3.05, 3.63) is 77.0 Å². The molecule has 4 heteroatoms. The van der Waals surface area contributed by atoms with Crippen LogP contribution in [0.15, 0.2) is 65.1 Å². The number of para-hydroxylation sites is 1. The first-order valence-corrected chi connectivity index (χ1v) is 9.14. The van der Waals surface area contributed by atoms with Gasteiger partial charge in [-0.25, -0.2) is 0 Å². The van der Waals surface area contributed by atoms with Crippen LogP contribution in [0.25, 0.3) is 11.3 Å². The molecule has 3 nitrogen and oxygen atoms in total. The number of anilines is 1. The van der Waals surface area contributed by atoms with Crippen LogP contribution in [0.1, 0.15) is 37.5 Å². The summed E-state index contributed by atoms with van der Waals surface area (Å²) in [5.41, 5.74) is 2.95. The zero-order chi connectivity index (χ0) is 18.5. The van der Waals surface area contributed by atoms with E-state index in [1.54, 1.807) is 0 Å². The minimum absolute atomic E-state index is 0.0150. The molecule has 0 unspecified atom stereocenters. The Kier molecular flexibility index (Phi) is 5.79. The number of carbonyl (C=O) groups excluding carboxylic acids is 1. The minimum Gasteiger partial charge on any atom is -0.461 e. The summed E-state index contributed by atoms with van der Waals surface area (Å²) in [6, 6.07) is 19.3. The van der Waals surface area contributed by atoms with Crippen molar-refractivity contribution in [1.29, 1.82) is 0 Å². The quantitative estimate of drug-likeness (QED) is 0.555. The summed E-state index contributed by atoms with van der Waals surface area (Å²) in [6.45, 7) is 4.23. The third-order valence-electron chi connectivity index (χ3n) is 4.23. The van der Waals surface area contributed by atoms with Gasteiger partial charge in [0.05, 0.1) is 0 Å². The molecule has 0 aliphatic rings. The third-order valence-corrected chi connectivity index (χ3v) is 4.46. The number of nitrogens with one attached hydrogen (secondary N) is 1. The summed E-state index contributed by atoms with van der Waals surface area (Å²) in [6.07, 6.45) is 0.922. The van der Waals surface area contributed by atoms with Gasteiger partial charge < -0.3 is 9.73 Å². The van der Waals surface area contributed by atoms with Crippen LogP contribution >= 0.6 is 11.6 Å². The van der Waals surface area contributed by atoms with Gasteiger partial charge in [-0.2, -0.15) is 0 Å². The first-order valence-electron chi connectivity index (χ1n) is 8.76. The normalized spacial score (nSPS) is 10.9. The monoisotopic (exact) mass is 367 g/mol. The van der Waals surface area contributed by atoms with Crippen molar-refractivity contribution in [2.24, 2.45) is 0 Å². The van der Waals surface area contributed by atoms with Gasteiger partial charge in [-0.1, -0.05) is 55.8 Å². The Bertz CT molecular complexity index is 898. The number of benzene rings is 2. The SMILES string of the molecule is CC(C)c1ccccc1NC(=O)CCc1ccc(-c2cccc(Cl)c2)o1. The van der Waals surface area contributed by atoms with E-state index < -0.39 is 0 Å². The molecule has 1 N–H and O–H groups in total. The first kappa shape index (κ1) is 18.3. The van der Waals surface area contributed by atoms with Crippen molar-refractivity contribution >= 4 is 23.2 Å². The van der Waals surface area contributed by atoms with Crippen LogP contribution in [0.3, 0.4) is 0 Å². The molecule has 1 aromatic heterocycles. The maximum atomic E-state index is 12.3. The van der Waals surface area contributed by atoms with Gasteiger partial charge in [0, 0.05) is 29.1 Å². The maximum Gasteiger partial charge on any atom is 0.224 e. The molecular formula is C22H22ClNO2. The average Bonchev–Trinajstić information content (AvgIpc) is 3.09. The number of rotatable bonds is 6. The highest BCUT2D eigenvalue weighted by Crippen LogP contribution is 2.26. The number of furan rings is 1. The second-order valence-corrected chi connectivity index (χ2v) is 7.00. The molecule has 0 aliphatic heterocycles. The molecule has 0 spiro atoms. The van der Waals surface area contributed by atoms with Crippen LogP contribution in [0.2, 0.25) is 5.02 Å². The number of amides is 1. The molecule has 2 aromatic carbocycles. The average molecular weight is 368 g/mol. The van der Waals surface area contributed by atoms with E-state index in [0.29, 0.717) is 23.8 Å². The summed E-state index contributed by atoms with van der Waals surface area (Å²) >= 11 is 6.02. The number of carbonyl (C=O) groups is 1. The second-order valence-electron chi connectivity index (χ2n) is 6.57. The molecule has 1 heterocycles. The summed E-state index contributed by atoms with van der Waals surface area (Å²) in [5, 5.41) is 3.68. The standard InChI is InChI=1S/C22H22ClNO2/c1-15(2)19-8-3-4-9-20(19)24-22(25)13-11-18-10-12-21(26-18)16-6-5-7-17(23)14-16/h3-10,12,14-15H,11,13H2,1-2H3,(H,24,25). The van der Waals surface area contributed by atoms with E-state index in [1.807, 2.05) is 60.7 Å². The molecule has 3 rings (SSSR count). The van der Waals surface area contributed by atoms with Crippen molar-refractivity contribution in [2.75, 3.05) is 5.32 Å². The van der Waals surface area contributed by atoms with Gasteiger partial charge in [-0.05, 0) is 41.8 Å². The Balaban J connectivity index is 1.61. The summed E-state index contributed by atoms with van der Waals surface area (Å²) < 4.78 is 5.85. The molecule has 0 fully saturated rings. The fourth-order valence-electron chi connectivity index (χ4n) is 2.87. The molecule has 0 bridgehead atoms. The van der Waals surface area contributed by atoms with Crippen molar-refractivity contribution in [3.63, 3.8) is 0 Å². The fourth-order valence-corrected chi connectivity index (χ4v) is 3.06. The van der Waals surface area contributed by atoms with Gasteiger partial charge >= 0.3 is 0 Å². The molecule has 0 radical (unpaired) electrons. The van der Waals surface area contributed by atoms with Crippen molar-refractivity contribution in [3.8, 4) is 11.3 Å². The van der Waals surface area contributed by atoms with Crippen LogP contribution in [0.5, 0.6) is 0 Å². The summed E-state index contributed by atoms with van der Waals surface area (Å²) in [7, 11) is 0. The highest BCUT2D eigenvalue weighted by Gasteiger charge is 2.11. The van der Waals surface area contributed by atoms with Crippen molar-refractivity contribution < 1.29 is 9.21 Å². The Morgan fingerprint density at radius 3 is 2.65 bits per heavy atom. The fraction of sp³-hybridized carbons (Fsp3) is 0.227. The van der Waals surface area contributed by atoms with E-state index in [2.05, 4.69) is 19.2 Å². The largest absolute Gasteiger partial charge is 0.461 e. The van der Waals surface area contributed by atoms with Crippen LogP contribution in [-0.4, -0.2) is 5.91 Å². The number of halogens is 1. The molecule has 1 amide bonds. The highest BCUT2D eigenvalue weighted by molar-refractivity contribution is 6.30. The van der Waals surface area contributed by atoms with Crippen LogP contribution in [0.4, 0.5) is 5.69 Å². The molecule has 0 atom stereocenters. The molecule has 26 heavy (non-hydrogen) atoms. The number of hydrogen-bond donors (Lipinski definition) is 1. The lowest BCUT2D eigenvalue weighted by molar-refractivity contribution is -0.116. The maximum absolute atomic E-state index is 12.3. The van der Waals surface area contributed by atoms with Gasteiger partial charge in [0.1, 0.15) is 11.5 Å². The number of aryl methyl sites for hydroxylation is 1. The zero-order valence-electron chi connectivity index (χ0n) is 15.0. The summed E-state index contributed by atoms with van der Waals surface area (Å²) in [5.74, 6) is 1.89. The Morgan fingerprint density at radius 2 is 1.88 bits per heavy atom. The van der Waals surface area contributed by atoms with E-state index in [9.17, 15) is 4.79 Å². The molecule has 0 aliphatic carbocycles. The van der Waals surface area contributed by atoms with Gasteiger partial charge in [0.15, 0.2) is 0 Å². The highest BCUT2D eigenvalue weighted by atomic mass is 35.5. The molecule has 3 aromatic rings. The Labute approximate surface area is 159 Å².